The van der Waals surface area contributed by atoms with E-state index in [1.807, 2.05) is 25.2 Å². The van der Waals surface area contributed by atoms with Gasteiger partial charge in [-0.05, 0) is 80.3 Å². The molecule has 2 aromatic rings. The zero-order valence-electron chi connectivity index (χ0n) is 22.8. The van der Waals surface area contributed by atoms with E-state index in [0.29, 0.717) is 34.4 Å². The van der Waals surface area contributed by atoms with Crippen LogP contribution >= 0.6 is 23.2 Å². The van der Waals surface area contributed by atoms with Gasteiger partial charge in [0.15, 0.2) is 11.5 Å². The smallest absolute Gasteiger partial charge is 0.308 e. The Kier molecular flexibility index (Phi) is 6.21. The molecular formula is C31H34Cl2N2O5. The van der Waals surface area contributed by atoms with Gasteiger partial charge in [-0.25, -0.2) is 0 Å². The third-order valence-corrected chi connectivity index (χ3v) is 10.9. The fourth-order valence-electron chi connectivity index (χ4n) is 8.21. The summed E-state index contributed by atoms with van der Waals surface area (Å²) in [5.74, 6) is 1.20. The van der Waals surface area contributed by atoms with Crippen molar-refractivity contribution < 1.29 is 24.2 Å². The number of carbonyl (C=O) groups is 2. The highest BCUT2D eigenvalue weighted by molar-refractivity contribution is 6.42. The van der Waals surface area contributed by atoms with Gasteiger partial charge in [0.1, 0.15) is 6.10 Å². The molecule has 1 N–H and O–H groups in total. The molecule has 2 heterocycles. The molecule has 212 valence electrons. The molecule has 0 radical (unpaired) electrons. The van der Waals surface area contributed by atoms with Gasteiger partial charge in [-0.1, -0.05) is 35.3 Å². The van der Waals surface area contributed by atoms with E-state index < -0.39 is 23.1 Å². The van der Waals surface area contributed by atoms with Crippen molar-refractivity contribution in [3.63, 3.8) is 0 Å². The van der Waals surface area contributed by atoms with E-state index in [2.05, 4.69) is 4.90 Å². The number of esters is 1. The standard InChI is InChI=1S/C31H34Cl2N2O5/c1-17(36)39-24-8-6-20-15-25-31(38)10-9-23(34(2)26(37)14-19-5-7-21(32)22(33)13-19)29-30(31,27(20)28(24)40-29)11-12-35(25)16-18-3-4-18/h5-8,13,18,23,25,29,38H,3-4,9-12,14-16H2,1-2H3/t23-,25-,29+,30+,31-/m1/s1. The fraction of sp³-hybridized carbons (Fsp3) is 0.548. The third kappa shape index (κ3) is 3.84. The number of likely N-dealkylation sites (N-methyl/N-ethyl adjacent to an activating group) is 1. The Morgan fingerprint density at radius 2 is 1.95 bits per heavy atom. The van der Waals surface area contributed by atoms with Crippen LogP contribution in [-0.2, 0) is 27.8 Å². The van der Waals surface area contributed by atoms with Crippen LogP contribution in [0.15, 0.2) is 30.3 Å². The number of amides is 1. The fourth-order valence-corrected chi connectivity index (χ4v) is 8.53. The number of halogens is 2. The molecule has 2 saturated carbocycles. The zero-order valence-corrected chi connectivity index (χ0v) is 24.3. The van der Waals surface area contributed by atoms with E-state index in [4.69, 9.17) is 32.7 Å². The van der Waals surface area contributed by atoms with Crippen molar-refractivity contribution in [1.82, 2.24) is 9.80 Å². The lowest BCUT2D eigenvalue weighted by Crippen LogP contribution is -2.78. The molecular weight excluding hydrogens is 551 g/mol. The Hall–Kier alpha value is -2.32. The Labute approximate surface area is 244 Å². The molecule has 1 amide bonds. The summed E-state index contributed by atoms with van der Waals surface area (Å²) in [6.45, 7) is 3.27. The number of carbonyl (C=O) groups excluding carboxylic acids is 2. The minimum atomic E-state index is -0.998. The molecule has 40 heavy (non-hydrogen) atoms. The second kappa shape index (κ2) is 9.35. The molecule has 9 heteroatoms. The molecule has 2 aliphatic heterocycles. The molecule has 7 nitrogen and oxygen atoms in total. The first kappa shape index (κ1) is 26.6. The number of benzene rings is 2. The van der Waals surface area contributed by atoms with Crippen LogP contribution in [0.5, 0.6) is 11.5 Å². The van der Waals surface area contributed by atoms with Gasteiger partial charge in [0, 0.05) is 32.1 Å². The Morgan fingerprint density at radius 3 is 2.67 bits per heavy atom. The first-order chi connectivity index (χ1) is 19.1. The van der Waals surface area contributed by atoms with Gasteiger partial charge in [0.25, 0.3) is 0 Å². The maximum Gasteiger partial charge on any atom is 0.308 e. The largest absolute Gasteiger partial charge is 0.483 e. The van der Waals surface area contributed by atoms with Crippen LogP contribution in [0.4, 0.5) is 0 Å². The summed E-state index contributed by atoms with van der Waals surface area (Å²) >= 11 is 12.3. The summed E-state index contributed by atoms with van der Waals surface area (Å²) < 4.78 is 12.4. The molecule has 2 aromatic carbocycles. The third-order valence-electron chi connectivity index (χ3n) is 10.2. The summed E-state index contributed by atoms with van der Waals surface area (Å²) in [5, 5.41) is 13.6. The van der Waals surface area contributed by atoms with Crippen molar-refractivity contribution >= 4 is 35.1 Å². The Balaban J connectivity index is 1.27. The van der Waals surface area contributed by atoms with Gasteiger partial charge in [-0.2, -0.15) is 0 Å². The second-order valence-electron chi connectivity index (χ2n) is 12.4. The van der Waals surface area contributed by atoms with Crippen LogP contribution in [0.3, 0.4) is 0 Å². The normalized spacial score (nSPS) is 31.8. The maximum absolute atomic E-state index is 13.6. The topological polar surface area (TPSA) is 79.3 Å². The minimum absolute atomic E-state index is 0.0101. The van der Waals surface area contributed by atoms with Crippen molar-refractivity contribution in [3.8, 4) is 11.5 Å². The highest BCUT2D eigenvalue weighted by atomic mass is 35.5. The lowest BCUT2D eigenvalue weighted by molar-refractivity contribution is -0.200. The molecule has 1 spiro atoms. The molecule has 5 atom stereocenters. The number of aliphatic hydroxyl groups is 1. The molecule has 2 bridgehead atoms. The van der Waals surface area contributed by atoms with Crippen LogP contribution in [0.25, 0.3) is 0 Å². The van der Waals surface area contributed by atoms with Gasteiger partial charge < -0.3 is 19.5 Å². The van der Waals surface area contributed by atoms with Gasteiger partial charge in [0.2, 0.25) is 5.91 Å². The van der Waals surface area contributed by atoms with Crippen LogP contribution < -0.4 is 9.47 Å². The molecule has 0 unspecified atom stereocenters. The van der Waals surface area contributed by atoms with Gasteiger partial charge >= 0.3 is 5.97 Å². The van der Waals surface area contributed by atoms with Crippen molar-refractivity contribution in [2.24, 2.45) is 5.92 Å². The number of likely N-dealkylation sites (tertiary alicyclic amines) is 1. The number of hydrogen-bond acceptors (Lipinski definition) is 6. The van der Waals surface area contributed by atoms with E-state index in [1.54, 1.807) is 17.0 Å². The minimum Gasteiger partial charge on any atom is -0.483 e. The predicted molar refractivity (Wildman–Crippen MR) is 151 cm³/mol. The average Bonchev–Trinajstić information content (AvgIpc) is 3.65. The zero-order chi connectivity index (χ0) is 28.0. The van der Waals surface area contributed by atoms with E-state index >= 15 is 0 Å². The van der Waals surface area contributed by atoms with E-state index in [1.165, 1.54) is 19.8 Å². The number of hydrogen-bond donors (Lipinski definition) is 1. The lowest BCUT2D eigenvalue weighted by atomic mass is 9.48. The molecule has 1 saturated heterocycles. The number of ether oxygens (including phenoxy) is 2. The number of nitrogens with zero attached hydrogens (tertiary/aromatic N) is 2. The number of rotatable bonds is 6. The molecule has 3 aliphatic carbocycles. The highest BCUT2D eigenvalue weighted by Gasteiger charge is 2.73. The van der Waals surface area contributed by atoms with Crippen LogP contribution in [0, 0.1) is 5.92 Å². The van der Waals surface area contributed by atoms with Crippen LogP contribution in [-0.4, -0.2) is 70.7 Å². The second-order valence-corrected chi connectivity index (χ2v) is 13.2. The summed E-state index contributed by atoms with van der Waals surface area (Å²) in [6, 6.07) is 8.86. The summed E-state index contributed by atoms with van der Waals surface area (Å²) in [7, 11) is 1.83. The van der Waals surface area contributed by atoms with Crippen LogP contribution in [0.2, 0.25) is 10.0 Å². The molecule has 5 aliphatic rings. The van der Waals surface area contributed by atoms with Crippen molar-refractivity contribution in [1.29, 1.82) is 0 Å². The maximum atomic E-state index is 13.6. The summed E-state index contributed by atoms with van der Waals surface area (Å²) in [6.07, 6.45) is 4.91. The first-order valence-corrected chi connectivity index (χ1v) is 15.1. The van der Waals surface area contributed by atoms with Crippen molar-refractivity contribution in [2.75, 3.05) is 20.1 Å². The quantitative estimate of drug-likeness (QED) is 0.396. The van der Waals surface area contributed by atoms with Gasteiger partial charge in [-0.15, -0.1) is 0 Å². The lowest BCUT2D eigenvalue weighted by Gasteiger charge is -2.64. The monoisotopic (exact) mass is 584 g/mol. The van der Waals surface area contributed by atoms with E-state index in [0.717, 1.165) is 48.5 Å². The van der Waals surface area contributed by atoms with Crippen molar-refractivity contribution in [3.05, 3.63) is 57.1 Å². The molecule has 0 aromatic heterocycles. The Bertz CT molecular complexity index is 1410. The SMILES string of the molecule is CC(=O)Oc1ccc2c3c1O[C@H]1[C@H](N(C)C(=O)Cc4ccc(Cl)c(Cl)c4)CC[C@@]4(O)[C@@H](C2)N(CC2CC2)CC[C@]314. The number of piperidine rings is 1. The summed E-state index contributed by atoms with van der Waals surface area (Å²) in [5.41, 5.74) is 1.24. The first-order valence-electron chi connectivity index (χ1n) is 14.3. The van der Waals surface area contributed by atoms with Gasteiger partial charge in [0.05, 0.1) is 33.5 Å². The molecule has 3 fully saturated rings. The van der Waals surface area contributed by atoms with Crippen LogP contribution in [0.1, 0.15) is 55.7 Å². The Morgan fingerprint density at radius 1 is 1.15 bits per heavy atom. The highest BCUT2D eigenvalue weighted by Crippen LogP contribution is 2.66. The van der Waals surface area contributed by atoms with E-state index in [-0.39, 0.29) is 24.4 Å². The van der Waals surface area contributed by atoms with E-state index in [9.17, 15) is 14.7 Å². The predicted octanol–water partition coefficient (Wildman–Crippen LogP) is 4.55. The average molecular weight is 586 g/mol. The van der Waals surface area contributed by atoms with Gasteiger partial charge in [-0.3, -0.25) is 14.5 Å². The molecule has 7 rings (SSSR count). The van der Waals surface area contributed by atoms with Crippen molar-refractivity contribution in [2.45, 2.75) is 81.1 Å². The summed E-state index contributed by atoms with van der Waals surface area (Å²) in [4.78, 5) is 29.9.